The summed E-state index contributed by atoms with van der Waals surface area (Å²) in [6, 6.07) is 7.59. The monoisotopic (exact) mass is 373 g/mol. The van der Waals surface area contributed by atoms with Gasteiger partial charge in [0.25, 0.3) is 0 Å². The largest absolute Gasteiger partial charge is 0.658 e. The molecule has 0 aromatic heterocycles. The lowest BCUT2D eigenvalue weighted by Crippen LogP contribution is -2.14. The van der Waals surface area contributed by atoms with E-state index in [4.69, 9.17) is 28.3 Å². The molecule has 0 unspecified atom stereocenters. The average Bonchev–Trinajstić information content (AvgIpc) is 2.62. The summed E-state index contributed by atoms with van der Waals surface area (Å²) in [7, 11) is 4.52. The normalized spacial score (nSPS) is 10.4. The number of rotatable bonds is 10. The van der Waals surface area contributed by atoms with E-state index in [-0.39, 0.29) is 13.6 Å². The third kappa shape index (κ3) is 5.81. The fraction of sp³-hybridized carbons (Fsp3) is 0.400. The topological polar surface area (TPSA) is 55.4 Å². The average molecular weight is 373 g/mol. The van der Waals surface area contributed by atoms with Crippen molar-refractivity contribution in [2.45, 2.75) is 27.7 Å². The molecule has 0 aliphatic heterocycles. The first-order chi connectivity index (χ1) is 13.0. The van der Waals surface area contributed by atoms with E-state index in [2.05, 4.69) is 0 Å². The van der Waals surface area contributed by atoms with E-state index in [1.54, 1.807) is 14.2 Å². The molecule has 1 radical (unpaired) electrons. The first-order valence-corrected chi connectivity index (χ1v) is 8.57. The van der Waals surface area contributed by atoms with Crippen molar-refractivity contribution in [2.75, 3.05) is 27.8 Å². The van der Waals surface area contributed by atoms with Crippen molar-refractivity contribution in [3.8, 4) is 23.0 Å². The van der Waals surface area contributed by atoms with E-state index >= 15 is 0 Å². The van der Waals surface area contributed by atoms with E-state index in [0.29, 0.717) is 0 Å². The van der Waals surface area contributed by atoms with Gasteiger partial charge in [0.05, 0.1) is 0 Å². The van der Waals surface area contributed by atoms with Gasteiger partial charge < -0.3 is 28.3 Å². The predicted octanol–water partition coefficient (Wildman–Crippen LogP) is 3.88. The van der Waals surface area contributed by atoms with Crippen LogP contribution >= 0.6 is 0 Å². The quantitative estimate of drug-likeness (QED) is 0.465. The Morgan fingerprint density at radius 2 is 0.963 bits per heavy atom. The first kappa shape index (κ1) is 20.9. The van der Waals surface area contributed by atoms with Crippen molar-refractivity contribution in [1.29, 1.82) is 0 Å². The molecule has 0 aliphatic rings. The second kappa shape index (κ2) is 10.1. The van der Waals surface area contributed by atoms with Gasteiger partial charge in [-0.15, -0.1) is 0 Å². The molecule has 0 atom stereocenters. The molecule has 0 fully saturated rings. The predicted molar refractivity (Wildman–Crippen MR) is 104 cm³/mol. The highest BCUT2D eigenvalue weighted by Gasteiger charge is 2.13. The number of aryl methyl sites for hydroxylation is 4. The van der Waals surface area contributed by atoms with E-state index in [1.807, 2.05) is 52.0 Å². The Hall–Kier alpha value is -2.38. The molecule has 0 saturated carbocycles. The van der Waals surface area contributed by atoms with Gasteiger partial charge in [0.15, 0.2) is 13.6 Å². The molecule has 0 N–H and O–H groups in total. The van der Waals surface area contributed by atoms with Crippen LogP contribution < -0.4 is 18.8 Å². The summed E-state index contributed by atoms with van der Waals surface area (Å²) in [5.41, 5.74) is 3.77. The lowest BCUT2D eigenvalue weighted by molar-refractivity contribution is 0.0508. The standard InChI is InChI=1S/C20H26BO6/c1-13-7-17(24-11-22-5)8-14(2)19(13)26-21-27-20-15(3)9-18(10-16(20)4)25-12-23-6/h7-10H,11-12H2,1-6H3. The molecule has 6 nitrogen and oxygen atoms in total. The SMILES string of the molecule is COCOc1cc(C)c(O[B]Oc2c(C)cc(OCOC)cc2C)c(C)c1. The summed E-state index contributed by atoms with van der Waals surface area (Å²) in [4.78, 5) is 0. The van der Waals surface area contributed by atoms with Crippen LogP contribution in [-0.4, -0.2) is 35.5 Å². The lowest BCUT2D eigenvalue weighted by atomic mass is 10.1. The summed E-state index contributed by atoms with van der Waals surface area (Å²) in [6.45, 7) is 8.22. The van der Waals surface area contributed by atoms with Gasteiger partial charge >= 0.3 is 7.69 Å². The smallest absolute Gasteiger partial charge is 0.526 e. The molecule has 0 aliphatic carbocycles. The zero-order chi connectivity index (χ0) is 19.8. The molecule has 2 rings (SSSR count). The second-order valence-corrected chi connectivity index (χ2v) is 6.21. The zero-order valence-corrected chi connectivity index (χ0v) is 16.8. The highest BCUT2D eigenvalue weighted by atomic mass is 16.7. The Morgan fingerprint density at radius 3 is 1.26 bits per heavy atom. The van der Waals surface area contributed by atoms with Crippen molar-refractivity contribution in [1.82, 2.24) is 0 Å². The van der Waals surface area contributed by atoms with Gasteiger partial charge in [0.1, 0.15) is 23.0 Å². The molecule has 0 amide bonds. The summed E-state index contributed by atoms with van der Waals surface area (Å²) in [5.74, 6) is 2.93. The molecular formula is C20H26BO6. The van der Waals surface area contributed by atoms with Gasteiger partial charge in [-0.25, -0.2) is 0 Å². The molecule has 2 aromatic rings. The Kier molecular flexibility index (Phi) is 7.82. The summed E-state index contributed by atoms with van der Waals surface area (Å²) >= 11 is 0. The van der Waals surface area contributed by atoms with Crippen LogP contribution in [0.1, 0.15) is 22.3 Å². The molecule has 0 heterocycles. The van der Waals surface area contributed by atoms with Gasteiger partial charge in [-0.3, -0.25) is 0 Å². The third-order valence-corrected chi connectivity index (χ3v) is 3.89. The van der Waals surface area contributed by atoms with Crippen LogP contribution in [0.15, 0.2) is 24.3 Å². The second-order valence-electron chi connectivity index (χ2n) is 6.21. The number of hydrogen-bond acceptors (Lipinski definition) is 6. The van der Waals surface area contributed by atoms with E-state index in [9.17, 15) is 0 Å². The maximum Gasteiger partial charge on any atom is 0.658 e. The van der Waals surface area contributed by atoms with Crippen LogP contribution in [0.3, 0.4) is 0 Å². The third-order valence-electron chi connectivity index (χ3n) is 3.89. The van der Waals surface area contributed by atoms with Crippen molar-refractivity contribution >= 4 is 7.69 Å². The Bertz CT molecular complexity index is 653. The number of benzene rings is 2. The molecule has 145 valence electrons. The number of ether oxygens (including phenoxy) is 4. The van der Waals surface area contributed by atoms with Crippen LogP contribution in [0, 0.1) is 27.7 Å². The maximum absolute atomic E-state index is 5.75. The highest BCUT2D eigenvalue weighted by molar-refractivity contribution is 6.21. The minimum Gasteiger partial charge on any atom is -0.526 e. The summed E-state index contributed by atoms with van der Waals surface area (Å²) < 4.78 is 32.3. The maximum atomic E-state index is 5.75. The summed E-state index contributed by atoms with van der Waals surface area (Å²) in [5, 5.41) is 0. The van der Waals surface area contributed by atoms with Crippen molar-refractivity contribution < 1.29 is 28.3 Å². The van der Waals surface area contributed by atoms with Crippen molar-refractivity contribution in [3.63, 3.8) is 0 Å². The first-order valence-electron chi connectivity index (χ1n) is 8.57. The highest BCUT2D eigenvalue weighted by Crippen LogP contribution is 2.30. The molecule has 0 saturated heterocycles. The van der Waals surface area contributed by atoms with Crippen LogP contribution in [0.4, 0.5) is 0 Å². The zero-order valence-electron chi connectivity index (χ0n) is 16.8. The minimum atomic E-state index is 0.205. The molecule has 27 heavy (non-hydrogen) atoms. The van der Waals surface area contributed by atoms with Crippen LogP contribution in [0.5, 0.6) is 23.0 Å². The minimum absolute atomic E-state index is 0.205. The van der Waals surface area contributed by atoms with Crippen LogP contribution in [0.25, 0.3) is 0 Å². The van der Waals surface area contributed by atoms with Gasteiger partial charge in [0, 0.05) is 14.2 Å². The summed E-state index contributed by atoms with van der Waals surface area (Å²) in [6.07, 6.45) is 0. The van der Waals surface area contributed by atoms with Crippen LogP contribution in [0.2, 0.25) is 0 Å². The molecule has 0 bridgehead atoms. The van der Waals surface area contributed by atoms with Gasteiger partial charge in [0.2, 0.25) is 0 Å². The van der Waals surface area contributed by atoms with Crippen molar-refractivity contribution in [3.05, 3.63) is 46.5 Å². The van der Waals surface area contributed by atoms with Gasteiger partial charge in [-0.2, -0.15) is 0 Å². The van der Waals surface area contributed by atoms with Crippen LogP contribution in [-0.2, 0) is 9.47 Å². The van der Waals surface area contributed by atoms with Gasteiger partial charge in [-0.05, 0) is 74.2 Å². The number of hydrogen-bond donors (Lipinski definition) is 0. The Labute approximate surface area is 161 Å². The lowest BCUT2D eigenvalue weighted by Gasteiger charge is -2.16. The fourth-order valence-corrected chi connectivity index (χ4v) is 2.73. The molecular weight excluding hydrogens is 347 g/mol. The molecule has 7 heteroatoms. The van der Waals surface area contributed by atoms with Crippen molar-refractivity contribution in [2.24, 2.45) is 0 Å². The Balaban J connectivity index is 2.02. The molecule has 2 aromatic carbocycles. The molecule has 0 spiro atoms. The van der Waals surface area contributed by atoms with E-state index < -0.39 is 0 Å². The van der Waals surface area contributed by atoms with E-state index in [0.717, 1.165) is 45.3 Å². The number of methoxy groups -OCH3 is 2. The van der Waals surface area contributed by atoms with Gasteiger partial charge in [-0.1, -0.05) is 0 Å². The Morgan fingerprint density at radius 1 is 0.630 bits per heavy atom. The van der Waals surface area contributed by atoms with E-state index in [1.165, 1.54) is 7.69 Å². The fourth-order valence-electron chi connectivity index (χ4n) is 2.73.